The summed E-state index contributed by atoms with van der Waals surface area (Å²) >= 11 is 0. The first-order valence-corrected chi connectivity index (χ1v) is 12.6. The molecule has 0 bridgehead atoms. The molecule has 2 heterocycles. The topological polar surface area (TPSA) is 59.1 Å². The Morgan fingerprint density at radius 1 is 1.03 bits per heavy atom. The van der Waals surface area contributed by atoms with Crippen molar-refractivity contribution in [3.8, 4) is 0 Å². The standard InChI is InChI=1S/C28H37FN4O2/c1-21-17-32(19-23-7-9-25(10-8-23)28(34)30-35)18-22(2)33(21)20-26-5-3-4-6-27(26)24-11-14-31(15-12-24)16-13-29/h3-11,21-22,35H,12-20H2,1-2H3,(H,30,34)/t21-,22+. The van der Waals surface area contributed by atoms with Gasteiger partial charge in [-0.2, -0.15) is 0 Å². The van der Waals surface area contributed by atoms with E-state index >= 15 is 0 Å². The number of carbonyl (C=O) groups is 1. The minimum atomic E-state index is -0.492. The second kappa shape index (κ2) is 11.9. The zero-order valence-electron chi connectivity index (χ0n) is 20.8. The number of alkyl halides is 1. The molecule has 35 heavy (non-hydrogen) atoms. The lowest BCUT2D eigenvalue weighted by atomic mass is 9.93. The highest BCUT2D eigenvalue weighted by molar-refractivity contribution is 5.93. The number of rotatable bonds is 8. The molecule has 7 heteroatoms. The van der Waals surface area contributed by atoms with Gasteiger partial charge < -0.3 is 0 Å². The van der Waals surface area contributed by atoms with Crippen LogP contribution in [-0.2, 0) is 13.1 Å². The lowest BCUT2D eigenvalue weighted by Gasteiger charge is -2.45. The second-order valence-corrected chi connectivity index (χ2v) is 9.83. The van der Waals surface area contributed by atoms with Crippen molar-refractivity contribution >= 4 is 11.5 Å². The molecule has 4 rings (SSSR count). The lowest BCUT2D eigenvalue weighted by molar-refractivity contribution is 0.0290. The third-order valence-corrected chi connectivity index (χ3v) is 7.31. The van der Waals surface area contributed by atoms with Gasteiger partial charge in [0.05, 0.1) is 0 Å². The molecule has 0 unspecified atom stereocenters. The SMILES string of the molecule is C[C@@H]1CN(Cc2ccc(C(=O)NO)cc2)C[C@H](C)N1Cc1ccccc1C1=CCN(CCF)CC1. The molecule has 2 aliphatic heterocycles. The molecule has 0 saturated carbocycles. The van der Waals surface area contributed by atoms with Crippen LogP contribution < -0.4 is 5.48 Å². The molecule has 0 spiro atoms. The van der Waals surface area contributed by atoms with Gasteiger partial charge in [-0.25, -0.2) is 9.87 Å². The molecule has 2 N–H and O–H groups in total. The molecule has 1 amide bonds. The van der Waals surface area contributed by atoms with E-state index < -0.39 is 5.91 Å². The highest BCUT2D eigenvalue weighted by Gasteiger charge is 2.30. The highest BCUT2D eigenvalue weighted by atomic mass is 19.1. The summed E-state index contributed by atoms with van der Waals surface area (Å²) in [7, 11) is 0. The molecule has 2 aromatic carbocycles. The smallest absolute Gasteiger partial charge is 0.274 e. The van der Waals surface area contributed by atoms with Crippen molar-refractivity contribution in [3.63, 3.8) is 0 Å². The van der Waals surface area contributed by atoms with Crippen LogP contribution >= 0.6 is 0 Å². The maximum Gasteiger partial charge on any atom is 0.274 e. The number of amides is 1. The van der Waals surface area contributed by atoms with E-state index in [0.29, 0.717) is 24.2 Å². The molecule has 0 aromatic heterocycles. The Morgan fingerprint density at radius 3 is 2.37 bits per heavy atom. The average Bonchev–Trinajstić information content (AvgIpc) is 2.87. The van der Waals surface area contributed by atoms with Crippen LogP contribution in [0.1, 0.15) is 47.3 Å². The van der Waals surface area contributed by atoms with E-state index in [0.717, 1.165) is 51.3 Å². The van der Waals surface area contributed by atoms with E-state index in [1.807, 2.05) is 12.1 Å². The van der Waals surface area contributed by atoms with Crippen LogP contribution in [0.4, 0.5) is 4.39 Å². The lowest BCUT2D eigenvalue weighted by Crippen LogP contribution is -2.55. The van der Waals surface area contributed by atoms with Gasteiger partial charge in [-0.05, 0) is 54.7 Å². The molecule has 188 valence electrons. The maximum absolute atomic E-state index is 12.7. The van der Waals surface area contributed by atoms with Gasteiger partial charge in [0.15, 0.2) is 0 Å². The summed E-state index contributed by atoms with van der Waals surface area (Å²) in [5.74, 6) is -0.492. The van der Waals surface area contributed by atoms with Gasteiger partial charge in [-0.15, -0.1) is 0 Å². The predicted molar refractivity (Wildman–Crippen MR) is 137 cm³/mol. The van der Waals surface area contributed by atoms with Crippen LogP contribution in [0.5, 0.6) is 0 Å². The van der Waals surface area contributed by atoms with Crippen LogP contribution in [-0.4, -0.2) is 77.3 Å². The van der Waals surface area contributed by atoms with Gasteiger partial charge in [0.2, 0.25) is 0 Å². The summed E-state index contributed by atoms with van der Waals surface area (Å²) < 4.78 is 12.7. The Balaban J connectivity index is 1.39. The number of hydroxylamine groups is 1. The third kappa shape index (κ3) is 6.35. The zero-order chi connectivity index (χ0) is 24.8. The maximum atomic E-state index is 12.7. The average molecular weight is 481 g/mol. The van der Waals surface area contributed by atoms with Crippen molar-refractivity contribution in [2.24, 2.45) is 0 Å². The Hall–Kier alpha value is -2.58. The number of halogens is 1. The second-order valence-electron chi connectivity index (χ2n) is 9.83. The first-order chi connectivity index (χ1) is 17.0. The fourth-order valence-electron chi connectivity index (χ4n) is 5.44. The number of hydrogen-bond acceptors (Lipinski definition) is 5. The van der Waals surface area contributed by atoms with Crippen molar-refractivity contribution in [3.05, 3.63) is 76.9 Å². The zero-order valence-corrected chi connectivity index (χ0v) is 20.8. The fourth-order valence-corrected chi connectivity index (χ4v) is 5.44. The van der Waals surface area contributed by atoms with Gasteiger partial charge in [0.1, 0.15) is 6.67 Å². The van der Waals surface area contributed by atoms with Gasteiger partial charge in [0, 0.05) is 63.5 Å². The van der Waals surface area contributed by atoms with E-state index in [4.69, 9.17) is 5.21 Å². The number of nitrogens with one attached hydrogen (secondary N) is 1. The van der Waals surface area contributed by atoms with Crippen LogP contribution in [0.2, 0.25) is 0 Å². The largest absolute Gasteiger partial charge is 0.297 e. The van der Waals surface area contributed by atoms with Gasteiger partial charge in [0.25, 0.3) is 5.91 Å². The summed E-state index contributed by atoms with van der Waals surface area (Å²) in [6.45, 7) is 10.3. The summed E-state index contributed by atoms with van der Waals surface area (Å²) in [6.07, 6.45) is 3.24. The summed E-state index contributed by atoms with van der Waals surface area (Å²) in [5.41, 5.74) is 7.36. The van der Waals surface area contributed by atoms with Crippen molar-refractivity contribution in [2.75, 3.05) is 39.4 Å². The molecule has 0 aliphatic carbocycles. The molecule has 2 aliphatic rings. The van der Waals surface area contributed by atoms with Crippen LogP contribution in [0, 0.1) is 0 Å². The van der Waals surface area contributed by atoms with Gasteiger partial charge in [-0.3, -0.25) is 24.7 Å². The Bertz CT molecular complexity index is 1010. The van der Waals surface area contributed by atoms with Gasteiger partial charge in [-0.1, -0.05) is 42.5 Å². The number of benzene rings is 2. The first kappa shape index (κ1) is 25.5. The summed E-state index contributed by atoms with van der Waals surface area (Å²) in [5, 5.41) is 8.80. The van der Waals surface area contributed by atoms with E-state index in [1.54, 1.807) is 17.6 Å². The Kier molecular flexibility index (Phi) is 8.68. The number of carbonyl (C=O) groups excluding carboxylic acids is 1. The van der Waals surface area contributed by atoms with Crippen molar-refractivity contribution in [1.82, 2.24) is 20.2 Å². The molecule has 2 atom stereocenters. The van der Waals surface area contributed by atoms with E-state index in [-0.39, 0.29) is 6.67 Å². The van der Waals surface area contributed by atoms with Crippen molar-refractivity contribution < 1.29 is 14.4 Å². The summed E-state index contributed by atoms with van der Waals surface area (Å²) in [4.78, 5) is 18.8. The molecule has 0 radical (unpaired) electrons. The highest BCUT2D eigenvalue weighted by Crippen LogP contribution is 2.28. The van der Waals surface area contributed by atoms with E-state index in [1.165, 1.54) is 16.7 Å². The van der Waals surface area contributed by atoms with Crippen LogP contribution in [0.15, 0.2) is 54.6 Å². The number of hydrogen-bond donors (Lipinski definition) is 2. The van der Waals surface area contributed by atoms with Crippen molar-refractivity contribution in [2.45, 2.75) is 45.4 Å². The van der Waals surface area contributed by atoms with Crippen LogP contribution in [0.3, 0.4) is 0 Å². The third-order valence-electron chi connectivity index (χ3n) is 7.31. The van der Waals surface area contributed by atoms with Crippen molar-refractivity contribution in [1.29, 1.82) is 0 Å². The number of nitrogens with zero attached hydrogens (tertiary/aromatic N) is 3. The monoisotopic (exact) mass is 480 g/mol. The molecule has 6 nitrogen and oxygen atoms in total. The molecular formula is C28H37FN4O2. The van der Waals surface area contributed by atoms with E-state index in [2.05, 4.69) is 58.9 Å². The quantitative estimate of drug-likeness (QED) is 0.443. The number of piperazine rings is 1. The Morgan fingerprint density at radius 2 is 1.74 bits per heavy atom. The normalized spacial score (nSPS) is 22.1. The fraction of sp³-hybridized carbons (Fsp3) is 0.464. The van der Waals surface area contributed by atoms with E-state index in [9.17, 15) is 9.18 Å². The molecule has 2 aromatic rings. The minimum absolute atomic E-state index is 0.284. The first-order valence-electron chi connectivity index (χ1n) is 12.6. The van der Waals surface area contributed by atoms with Crippen LogP contribution in [0.25, 0.3) is 5.57 Å². The molecule has 1 fully saturated rings. The predicted octanol–water partition coefficient (Wildman–Crippen LogP) is 3.96. The van der Waals surface area contributed by atoms with Gasteiger partial charge >= 0.3 is 0 Å². The molecular weight excluding hydrogens is 443 g/mol. The Labute approximate surface area is 208 Å². The minimum Gasteiger partial charge on any atom is -0.297 e. The molecule has 1 saturated heterocycles. The summed E-state index contributed by atoms with van der Waals surface area (Å²) in [6, 6.07) is 17.0.